The van der Waals surface area contributed by atoms with Crippen LogP contribution in [0.3, 0.4) is 0 Å². The van der Waals surface area contributed by atoms with Gasteiger partial charge in [0, 0.05) is 37.2 Å². The van der Waals surface area contributed by atoms with Crippen LogP contribution in [-0.4, -0.2) is 44.3 Å². The van der Waals surface area contributed by atoms with Gasteiger partial charge in [-0.25, -0.2) is 4.39 Å². The second kappa shape index (κ2) is 11.8. The summed E-state index contributed by atoms with van der Waals surface area (Å²) in [5, 5.41) is 10.1. The summed E-state index contributed by atoms with van der Waals surface area (Å²) in [4.78, 5) is 10.2. The van der Waals surface area contributed by atoms with Gasteiger partial charge in [-0.1, -0.05) is 36.4 Å². The Morgan fingerprint density at radius 1 is 1.00 bits per heavy atom. The topological polar surface area (TPSA) is 59.0 Å². The van der Waals surface area contributed by atoms with Gasteiger partial charge in [-0.2, -0.15) is 0 Å². The maximum atomic E-state index is 15.9. The van der Waals surface area contributed by atoms with Crippen LogP contribution in [-0.2, 0) is 16.0 Å². The second-order valence-electron chi connectivity index (χ2n) is 10.9. The monoisotopic (exact) mass is 531 g/mol. The Morgan fingerprint density at radius 2 is 1.77 bits per heavy atom. The van der Waals surface area contributed by atoms with E-state index in [9.17, 15) is 5.11 Å². The number of piperidine rings is 1. The number of benzene rings is 3. The summed E-state index contributed by atoms with van der Waals surface area (Å²) < 4.78 is 28.1. The Balaban J connectivity index is 0.00000151. The van der Waals surface area contributed by atoms with E-state index in [0.717, 1.165) is 80.7 Å². The number of fused-ring (bicyclic) bond motifs is 1. The lowest BCUT2D eigenvalue weighted by molar-refractivity contribution is -0.0980. The van der Waals surface area contributed by atoms with E-state index in [0.29, 0.717) is 5.69 Å². The van der Waals surface area contributed by atoms with Gasteiger partial charge in [-0.15, -0.1) is 0 Å². The van der Waals surface area contributed by atoms with Crippen LogP contribution in [0.2, 0.25) is 0 Å². The van der Waals surface area contributed by atoms with Gasteiger partial charge in [0.25, 0.3) is 0 Å². The van der Waals surface area contributed by atoms with E-state index in [2.05, 4.69) is 29.2 Å². The molecule has 39 heavy (non-hydrogen) atoms. The molecule has 0 saturated carbocycles. The lowest BCUT2D eigenvalue weighted by Crippen LogP contribution is -2.48. The van der Waals surface area contributed by atoms with Gasteiger partial charge in [-0.05, 0) is 85.8 Å². The van der Waals surface area contributed by atoms with Crippen LogP contribution in [0.25, 0.3) is 0 Å². The van der Waals surface area contributed by atoms with Crippen molar-refractivity contribution in [1.29, 1.82) is 0 Å². The van der Waals surface area contributed by atoms with Gasteiger partial charge in [0.1, 0.15) is 24.1 Å². The van der Waals surface area contributed by atoms with E-state index in [4.69, 9.17) is 14.3 Å². The molecule has 1 aliphatic carbocycles. The highest BCUT2D eigenvalue weighted by atomic mass is 19.1. The molecule has 2 atom stereocenters. The average molecular weight is 532 g/mol. The first-order valence-corrected chi connectivity index (χ1v) is 14.0. The number of phenols is 1. The maximum Gasteiger partial charge on any atom is 0.147 e. The molecular formula is C33H38FNO4. The molecule has 1 N–H and O–H groups in total. The normalized spacial score (nSPS) is 21.9. The molecule has 2 unspecified atom stereocenters. The van der Waals surface area contributed by atoms with Gasteiger partial charge < -0.3 is 24.3 Å². The molecule has 1 spiro atoms. The van der Waals surface area contributed by atoms with Gasteiger partial charge in [0.15, 0.2) is 0 Å². The number of nitrogens with zero attached hydrogens (tertiary/aromatic N) is 1. The van der Waals surface area contributed by atoms with E-state index in [-0.39, 0.29) is 29.0 Å². The molecule has 3 aliphatic rings. The van der Waals surface area contributed by atoms with Crippen LogP contribution in [0.15, 0.2) is 60.7 Å². The number of ether oxygens (including phenoxy) is 2. The number of anilines is 1. The van der Waals surface area contributed by atoms with Crippen molar-refractivity contribution >= 4 is 12.5 Å². The highest BCUT2D eigenvalue weighted by molar-refractivity contribution is 5.59. The van der Waals surface area contributed by atoms with Gasteiger partial charge in [-0.3, -0.25) is 0 Å². The van der Waals surface area contributed by atoms with Crippen molar-refractivity contribution in [2.45, 2.75) is 62.4 Å². The lowest BCUT2D eigenvalue weighted by atomic mass is 9.69. The third kappa shape index (κ3) is 5.40. The molecule has 3 aromatic rings. The highest BCUT2D eigenvalue weighted by Gasteiger charge is 2.38. The van der Waals surface area contributed by atoms with Crippen LogP contribution in [0.1, 0.15) is 72.6 Å². The fraction of sp³-hybridized carbons (Fsp3) is 0.424. The minimum Gasteiger partial charge on any atom is -0.508 e. The van der Waals surface area contributed by atoms with Crippen molar-refractivity contribution in [2.75, 3.05) is 31.7 Å². The van der Waals surface area contributed by atoms with Gasteiger partial charge in [0.05, 0.1) is 18.4 Å². The Labute approximate surface area is 230 Å². The smallest absolute Gasteiger partial charge is 0.147 e. The third-order valence-electron chi connectivity index (χ3n) is 8.90. The second-order valence-corrected chi connectivity index (χ2v) is 10.9. The van der Waals surface area contributed by atoms with Crippen LogP contribution in [0.5, 0.6) is 11.5 Å². The minimum atomic E-state index is -0.200. The first kappa shape index (κ1) is 27.2. The number of aromatic hydroxyl groups is 1. The maximum absolute atomic E-state index is 15.9. The van der Waals surface area contributed by atoms with Crippen molar-refractivity contribution in [3.05, 3.63) is 88.7 Å². The van der Waals surface area contributed by atoms with E-state index in [1.807, 2.05) is 31.1 Å². The van der Waals surface area contributed by atoms with Crippen molar-refractivity contribution < 1.29 is 23.8 Å². The Morgan fingerprint density at radius 3 is 2.46 bits per heavy atom. The number of aryl methyl sites for hydroxylation is 1. The molecule has 206 valence electrons. The first-order valence-electron chi connectivity index (χ1n) is 14.0. The fourth-order valence-corrected chi connectivity index (χ4v) is 6.93. The number of phenolic OH excluding ortho intramolecular Hbond substituents is 1. The summed E-state index contributed by atoms with van der Waals surface area (Å²) in [6.07, 6.45) is 7.15. The van der Waals surface area contributed by atoms with Gasteiger partial charge in [0.2, 0.25) is 0 Å². The molecule has 2 aliphatic heterocycles. The molecule has 0 radical (unpaired) electrons. The van der Waals surface area contributed by atoms with Crippen LogP contribution in [0, 0.1) is 5.82 Å². The van der Waals surface area contributed by atoms with Crippen LogP contribution < -0.4 is 9.64 Å². The average Bonchev–Trinajstić information content (AvgIpc) is 2.99. The molecular weight excluding hydrogens is 493 g/mol. The summed E-state index contributed by atoms with van der Waals surface area (Å²) in [7, 11) is 1.68. The molecule has 2 fully saturated rings. The van der Waals surface area contributed by atoms with E-state index in [1.165, 1.54) is 12.0 Å². The highest BCUT2D eigenvalue weighted by Crippen LogP contribution is 2.50. The molecule has 0 amide bonds. The standard InChI is InChI=1S/C32H36FNO3.CH2O/c1-36-30-21-29(34-16-14-32(15-17-34)13-5-6-18-37-32)28(33)20-27(30)31-25(22-7-3-2-4-8-22)11-9-23-19-24(35)10-12-26(23)31;1-2/h2-4,7-8,10,12,19-21,25,31,35H,5-6,9,11,13-18H2,1H3;1H2. The zero-order chi connectivity index (χ0) is 27.4. The predicted octanol–water partition coefficient (Wildman–Crippen LogP) is 6.76. The molecule has 2 saturated heterocycles. The largest absolute Gasteiger partial charge is 0.508 e. The summed E-state index contributed by atoms with van der Waals surface area (Å²) >= 11 is 0. The van der Waals surface area contributed by atoms with Crippen LogP contribution in [0.4, 0.5) is 10.1 Å². The summed E-state index contributed by atoms with van der Waals surface area (Å²) in [6.45, 7) is 4.43. The summed E-state index contributed by atoms with van der Waals surface area (Å²) in [5.74, 6) is 0.918. The number of rotatable bonds is 4. The number of carbonyl (C=O) groups is 1. The quantitative estimate of drug-likeness (QED) is 0.403. The van der Waals surface area contributed by atoms with Crippen molar-refractivity contribution in [1.82, 2.24) is 0 Å². The molecule has 3 aromatic carbocycles. The van der Waals surface area contributed by atoms with Crippen molar-refractivity contribution in [2.24, 2.45) is 0 Å². The third-order valence-corrected chi connectivity index (χ3v) is 8.90. The van der Waals surface area contributed by atoms with Crippen molar-refractivity contribution in [3.8, 4) is 11.5 Å². The van der Waals surface area contributed by atoms with Gasteiger partial charge >= 0.3 is 0 Å². The molecule has 5 nitrogen and oxygen atoms in total. The lowest BCUT2D eigenvalue weighted by Gasteiger charge is -2.44. The van der Waals surface area contributed by atoms with E-state index in [1.54, 1.807) is 19.2 Å². The Bertz CT molecular complexity index is 1260. The molecule has 0 bridgehead atoms. The van der Waals surface area contributed by atoms with E-state index < -0.39 is 0 Å². The molecule has 6 heteroatoms. The fourth-order valence-electron chi connectivity index (χ4n) is 6.93. The molecule has 0 aromatic heterocycles. The molecule has 2 heterocycles. The number of halogens is 1. The minimum absolute atomic E-state index is 0.0183. The zero-order valence-corrected chi connectivity index (χ0v) is 22.7. The Hall–Kier alpha value is -3.38. The zero-order valence-electron chi connectivity index (χ0n) is 22.7. The first-order chi connectivity index (χ1) is 19.1. The van der Waals surface area contributed by atoms with Crippen LogP contribution >= 0.6 is 0 Å². The number of hydrogen-bond donors (Lipinski definition) is 1. The van der Waals surface area contributed by atoms with Crippen molar-refractivity contribution in [3.63, 3.8) is 0 Å². The summed E-state index contributed by atoms with van der Waals surface area (Å²) in [5.41, 5.74) is 4.97. The number of carbonyl (C=O) groups excluding carboxylic acids is 1. The predicted molar refractivity (Wildman–Crippen MR) is 152 cm³/mol. The van der Waals surface area contributed by atoms with E-state index >= 15 is 4.39 Å². The number of methoxy groups -OCH3 is 1. The molecule has 6 rings (SSSR count). The number of hydrogen-bond acceptors (Lipinski definition) is 5. The Kier molecular flexibility index (Phi) is 8.22. The SMILES string of the molecule is C=O.COc1cc(N2CCC3(CCCCO3)CC2)c(F)cc1C1c2ccc(O)cc2CCC1c1ccccc1. The summed E-state index contributed by atoms with van der Waals surface area (Å²) in [6, 6.07) is 19.7.